The van der Waals surface area contributed by atoms with E-state index in [1.54, 1.807) is 6.92 Å². The van der Waals surface area contributed by atoms with Gasteiger partial charge in [0.2, 0.25) is 0 Å². The van der Waals surface area contributed by atoms with Crippen molar-refractivity contribution in [2.24, 2.45) is 5.92 Å². The fourth-order valence-corrected chi connectivity index (χ4v) is 1.76. The molecule has 0 radical (unpaired) electrons. The summed E-state index contributed by atoms with van der Waals surface area (Å²) < 4.78 is 5.59. The second-order valence-corrected chi connectivity index (χ2v) is 4.84. The minimum atomic E-state index is -0.458. The molecule has 1 heterocycles. The zero-order valence-corrected chi connectivity index (χ0v) is 12.1. The van der Waals surface area contributed by atoms with Crippen molar-refractivity contribution in [2.45, 2.75) is 20.0 Å². The second-order valence-electron chi connectivity index (χ2n) is 4.84. The van der Waals surface area contributed by atoms with Crippen molar-refractivity contribution in [3.63, 3.8) is 0 Å². The maximum Gasteiger partial charge on any atom is 0.260 e. The van der Waals surface area contributed by atoms with Gasteiger partial charge in [0.25, 0.3) is 5.91 Å². The number of amides is 1. The van der Waals surface area contributed by atoms with E-state index in [0.29, 0.717) is 5.92 Å². The monoisotopic (exact) mass is 284 g/mol. The van der Waals surface area contributed by atoms with Gasteiger partial charge in [0.1, 0.15) is 5.75 Å². The molecule has 19 heavy (non-hydrogen) atoms. The highest BCUT2D eigenvalue weighted by atomic mass is 35.5. The summed E-state index contributed by atoms with van der Waals surface area (Å²) in [5, 5.41) is 6.09. The van der Waals surface area contributed by atoms with Crippen LogP contribution in [0.2, 0.25) is 0 Å². The van der Waals surface area contributed by atoms with Crippen molar-refractivity contribution in [1.29, 1.82) is 0 Å². The summed E-state index contributed by atoms with van der Waals surface area (Å²) in [7, 11) is 0. The van der Waals surface area contributed by atoms with Gasteiger partial charge in [-0.1, -0.05) is 17.7 Å². The summed E-state index contributed by atoms with van der Waals surface area (Å²) in [6.45, 7) is 6.51. The second kappa shape index (κ2) is 7.36. The number of aryl methyl sites for hydroxylation is 1. The van der Waals surface area contributed by atoms with Crippen molar-refractivity contribution in [1.82, 2.24) is 10.6 Å². The fraction of sp³-hybridized carbons (Fsp3) is 0.500. The summed E-state index contributed by atoms with van der Waals surface area (Å²) >= 11 is 0. The van der Waals surface area contributed by atoms with Crippen molar-refractivity contribution < 1.29 is 9.53 Å². The van der Waals surface area contributed by atoms with E-state index in [1.165, 1.54) is 5.56 Å². The predicted octanol–water partition coefficient (Wildman–Crippen LogP) is 1.52. The van der Waals surface area contributed by atoms with Crippen LogP contribution in [-0.4, -0.2) is 31.6 Å². The number of ether oxygens (including phenoxy) is 1. The standard InChI is InChI=1S/C14H20N2O2.ClH/c1-10-3-5-13(6-4-10)18-11(2)14(17)16-9-12-7-15-8-12;/h3-6,11-12,15H,7-9H2,1-2H3,(H,16,17);1H. The van der Waals surface area contributed by atoms with Crippen molar-refractivity contribution >= 4 is 18.3 Å². The Morgan fingerprint density at radius 2 is 2.05 bits per heavy atom. The van der Waals surface area contributed by atoms with E-state index in [-0.39, 0.29) is 18.3 Å². The van der Waals surface area contributed by atoms with Gasteiger partial charge < -0.3 is 15.4 Å². The van der Waals surface area contributed by atoms with E-state index < -0.39 is 6.10 Å². The molecule has 106 valence electrons. The Morgan fingerprint density at radius 3 is 2.58 bits per heavy atom. The van der Waals surface area contributed by atoms with Crippen molar-refractivity contribution in [3.05, 3.63) is 29.8 Å². The first-order chi connectivity index (χ1) is 8.65. The van der Waals surface area contributed by atoms with E-state index in [9.17, 15) is 4.79 Å². The van der Waals surface area contributed by atoms with Crippen LogP contribution in [0.1, 0.15) is 12.5 Å². The summed E-state index contributed by atoms with van der Waals surface area (Å²) in [5.74, 6) is 1.25. The lowest BCUT2D eigenvalue weighted by Crippen LogP contribution is -2.49. The molecule has 1 aromatic carbocycles. The van der Waals surface area contributed by atoms with Gasteiger partial charge in [-0.25, -0.2) is 0 Å². The Bertz CT molecular complexity index is 404. The quantitative estimate of drug-likeness (QED) is 0.862. The van der Waals surface area contributed by atoms with E-state index in [1.807, 2.05) is 31.2 Å². The first kappa shape index (κ1) is 15.8. The van der Waals surface area contributed by atoms with Gasteiger partial charge in [0.15, 0.2) is 6.10 Å². The van der Waals surface area contributed by atoms with E-state index in [4.69, 9.17) is 4.74 Å². The average Bonchev–Trinajstić information content (AvgIpc) is 2.30. The van der Waals surface area contributed by atoms with Gasteiger partial charge in [-0.05, 0) is 26.0 Å². The molecule has 1 unspecified atom stereocenters. The van der Waals surface area contributed by atoms with Crippen LogP contribution in [0.4, 0.5) is 0 Å². The Morgan fingerprint density at radius 1 is 1.42 bits per heavy atom. The molecule has 5 heteroatoms. The molecule has 1 fully saturated rings. The maximum atomic E-state index is 11.8. The fourth-order valence-electron chi connectivity index (χ4n) is 1.76. The zero-order chi connectivity index (χ0) is 13.0. The Hall–Kier alpha value is -1.26. The van der Waals surface area contributed by atoms with Crippen LogP contribution in [-0.2, 0) is 4.79 Å². The van der Waals surface area contributed by atoms with Crippen LogP contribution in [0, 0.1) is 12.8 Å². The third kappa shape index (κ3) is 4.73. The van der Waals surface area contributed by atoms with E-state index in [0.717, 1.165) is 25.4 Å². The first-order valence-electron chi connectivity index (χ1n) is 6.37. The minimum Gasteiger partial charge on any atom is -0.481 e. The SMILES string of the molecule is Cc1ccc(OC(C)C(=O)NCC2CNC2)cc1.Cl. The number of nitrogens with one attached hydrogen (secondary N) is 2. The lowest BCUT2D eigenvalue weighted by molar-refractivity contribution is -0.127. The average molecular weight is 285 g/mol. The smallest absolute Gasteiger partial charge is 0.260 e. The van der Waals surface area contributed by atoms with Crippen LogP contribution in [0.15, 0.2) is 24.3 Å². The normalized spacial score (nSPS) is 15.9. The number of carbonyl (C=O) groups excluding carboxylic acids is 1. The van der Waals surface area contributed by atoms with Crippen LogP contribution in [0.3, 0.4) is 0 Å². The minimum absolute atomic E-state index is 0. The number of halogens is 1. The molecule has 4 nitrogen and oxygen atoms in total. The zero-order valence-electron chi connectivity index (χ0n) is 11.3. The summed E-state index contributed by atoms with van der Waals surface area (Å²) in [5.41, 5.74) is 1.18. The maximum absolute atomic E-state index is 11.8. The first-order valence-corrected chi connectivity index (χ1v) is 6.37. The molecule has 1 atom stereocenters. The predicted molar refractivity (Wildman–Crippen MR) is 77.9 cm³/mol. The Kier molecular flexibility index (Phi) is 6.12. The van der Waals surface area contributed by atoms with Gasteiger partial charge in [-0.2, -0.15) is 0 Å². The van der Waals surface area contributed by atoms with Crippen LogP contribution in [0.25, 0.3) is 0 Å². The molecule has 2 N–H and O–H groups in total. The lowest BCUT2D eigenvalue weighted by Gasteiger charge is -2.27. The molecule has 0 aliphatic carbocycles. The van der Waals surface area contributed by atoms with Crippen molar-refractivity contribution in [2.75, 3.05) is 19.6 Å². The molecule has 1 aromatic rings. The van der Waals surface area contributed by atoms with Crippen molar-refractivity contribution in [3.8, 4) is 5.75 Å². The molecule has 1 aliphatic rings. The summed E-state index contributed by atoms with van der Waals surface area (Å²) in [6.07, 6.45) is -0.458. The highest BCUT2D eigenvalue weighted by Crippen LogP contribution is 2.13. The topological polar surface area (TPSA) is 50.4 Å². The molecule has 2 rings (SSSR count). The largest absolute Gasteiger partial charge is 0.481 e. The van der Waals surface area contributed by atoms with Crippen LogP contribution < -0.4 is 15.4 Å². The van der Waals surface area contributed by atoms with Gasteiger partial charge in [-0.15, -0.1) is 12.4 Å². The van der Waals surface area contributed by atoms with E-state index >= 15 is 0 Å². The molecule has 1 saturated heterocycles. The van der Waals surface area contributed by atoms with Gasteiger partial charge in [-0.3, -0.25) is 4.79 Å². The molecule has 0 bridgehead atoms. The molecule has 0 saturated carbocycles. The Balaban J connectivity index is 0.00000180. The Labute approximate surface area is 120 Å². The summed E-state index contributed by atoms with van der Waals surface area (Å²) in [6, 6.07) is 7.71. The highest BCUT2D eigenvalue weighted by molar-refractivity contribution is 5.85. The number of rotatable bonds is 5. The molecular formula is C14H21ClN2O2. The molecule has 1 amide bonds. The number of benzene rings is 1. The van der Waals surface area contributed by atoms with Crippen LogP contribution in [0.5, 0.6) is 5.75 Å². The number of carbonyl (C=O) groups is 1. The van der Waals surface area contributed by atoms with Gasteiger partial charge in [0, 0.05) is 25.6 Å². The third-order valence-electron chi connectivity index (χ3n) is 3.13. The van der Waals surface area contributed by atoms with Gasteiger partial charge >= 0.3 is 0 Å². The van der Waals surface area contributed by atoms with E-state index in [2.05, 4.69) is 10.6 Å². The van der Waals surface area contributed by atoms with Gasteiger partial charge in [0.05, 0.1) is 0 Å². The summed E-state index contributed by atoms with van der Waals surface area (Å²) in [4.78, 5) is 11.8. The molecule has 1 aliphatic heterocycles. The molecule has 0 spiro atoms. The number of hydrogen-bond donors (Lipinski definition) is 2. The molecular weight excluding hydrogens is 264 g/mol. The highest BCUT2D eigenvalue weighted by Gasteiger charge is 2.20. The lowest BCUT2D eigenvalue weighted by atomic mass is 10.0. The third-order valence-corrected chi connectivity index (χ3v) is 3.13. The molecule has 0 aromatic heterocycles. The number of hydrogen-bond acceptors (Lipinski definition) is 3. The van der Waals surface area contributed by atoms with Crippen LogP contribution >= 0.6 is 12.4 Å².